The topological polar surface area (TPSA) is 32.7 Å². The van der Waals surface area contributed by atoms with Crippen molar-refractivity contribution < 1.29 is 9.18 Å². The van der Waals surface area contributed by atoms with Crippen molar-refractivity contribution in [2.24, 2.45) is 5.10 Å². The van der Waals surface area contributed by atoms with Gasteiger partial charge in [0.15, 0.2) is 5.78 Å². The predicted molar refractivity (Wildman–Crippen MR) is 125 cm³/mol. The van der Waals surface area contributed by atoms with Gasteiger partial charge in [-0.05, 0) is 35.2 Å². The van der Waals surface area contributed by atoms with Crippen LogP contribution in [-0.2, 0) is 11.2 Å². The Kier molecular flexibility index (Phi) is 6.76. The summed E-state index contributed by atoms with van der Waals surface area (Å²) in [5, 5.41) is 8.98. The maximum atomic E-state index is 14.5. The van der Waals surface area contributed by atoms with E-state index in [1.165, 1.54) is 22.4 Å². The number of aryl methyl sites for hydroxylation is 1. The van der Waals surface area contributed by atoms with Crippen LogP contribution in [0.1, 0.15) is 56.2 Å². The third kappa shape index (κ3) is 4.84. The van der Waals surface area contributed by atoms with Crippen molar-refractivity contribution in [2.75, 3.05) is 6.54 Å². The maximum Gasteiger partial charge on any atom is 0.179 e. The summed E-state index contributed by atoms with van der Waals surface area (Å²) in [6.07, 6.45) is 4.77. The summed E-state index contributed by atoms with van der Waals surface area (Å²) in [4.78, 5) is 13.0. The lowest BCUT2D eigenvalue weighted by Crippen LogP contribution is -2.21. The molecule has 1 aliphatic heterocycles. The first-order valence-electron chi connectivity index (χ1n) is 11.3. The predicted octanol–water partition coefficient (Wildman–Crippen LogP) is 6.47. The first-order valence-corrected chi connectivity index (χ1v) is 11.3. The molecule has 0 aromatic heterocycles. The van der Waals surface area contributed by atoms with Gasteiger partial charge in [-0.1, -0.05) is 80.4 Å². The lowest BCUT2D eigenvalue weighted by molar-refractivity contribution is -0.113. The van der Waals surface area contributed by atoms with Crippen molar-refractivity contribution in [1.29, 1.82) is 0 Å². The van der Waals surface area contributed by atoms with E-state index in [1.807, 2.05) is 35.3 Å². The largest absolute Gasteiger partial charge is 0.293 e. The van der Waals surface area contributed by atoms with Gasteiger partial charge in [0.2, 0.25) is 0 Å². The van der Waals surface area contributed by atoms with Gasteiger partial charge in [0.25, 0.3) is 0 Å². The van der Waals surface area contributed by atoms with E-state index < -0.39 is 0 Å². The van der Waals surface area contributed by atoms with E-state index in [2.05, 4.69) is 36.3 Å². The molecule has 0 saturated heterocycles. The maximum absolute atomic E-state index is 14.5. The summed E-state index contributed by atoms with van der Waals surface area (Å²) >= 11 is 0. The number of hydrogen-bond acceptors (Lipinski definition) is 3. The van der Waals surface area contributed by atoms with E-state index in [1.54, 1.807) is 6.07 Å². The Morgan fingerprint density at radius 2 is 1.81 bits per heavy atom. The quantitative estimate of drug-likeness (QED) is 0.374. The Hall–Kier alpha value is -3.01. The van der Waals surface area contributed by atoms with Crippen LogP contribution in [0.4, 0.5) is 4.39 Å². The van der Waals surface area contributed by atoms with Crippen molar-refractivity contribution in [3.63, 3.8) is 0 Å². The zero-order valence-electron chi connectivity index (χ0n) is 18.1. The third-order valence-corrected chi connectivity index (χ3v) is 6.07. The highest BCUT2D eigenvalue weighted by atomic mass is 19.1. The van der Waals surface area contributed by atoms with E-state index in [0.29, 0.717) is 30.5 Å². The number of halogens is 1. The van der Waals surface area contributed by atoms with E-state index in [9.17, 15) is 9.18 Å². The number of hydrogen-bond donors (Lipinski definition) is 0. The highest BCUT2D eigenvalue weighted by molar-refractivity contribution is 6.40. The molecule has 0 N–H and O–H groups in total. The summed E-state index contributed by atoms with van der Waals surface area (Å²) in [5.74, 6) is -0.167. The molecule has 4 rings (SSSR count). The lowest BCUT2D eigenvalue weighted by Gasteiger charge is -2.24. The number of unbranched alkanes of at least 4 members (excludes halogenated alkanes) is 2. The summed E-state index contributed by atoms with van der Waals surface area (Å²) in [5.41, 5.74) is 2.38. The van der Waals surface area contributed by atoms with Gasteiger partial charge in [0.05, 0.1) is 6.04 Å². The van der Waals surface area contributed by atoms with E-state index >= 15 is 0 Å². The Balaban J connectivity index is 1.49. The fourth-order valence-corrected chi connectivity index (χ4v) is 4.37. The number of carbonyl (C=O) groups excluding carboxylic acids is 1. The molecule has 3 aromatic rings. The van der Waals surface area contributed by atoms with Crippen LogP contribution in [0.2, 0.25) is 0 Å². The van der Waals surface area contributed by atoms with Gasteiger partial charge in [-0.25, -0.2) is 4.39 Å². The molecule has 0 amide bonds. The minimum Gasteiger partial charge on any atom is -0.293 e. The van der Waals surface area contributed by atoms with Gasteiger partial charge in [-0.2, -0.15) is 5.10 Å². The molecule has 0 bridgehead atoms. The molecule has 0 spiro atoms. The van der Waals surface area contributed by atoms with Gasteiger partial charge < -0.3 is 0 Å². The average molecular weight is 417 g/mol. The van der Waals surface area contributed by atoms with E-state index in [4.69, 9.17) is 0 Å². The van der Waals surface area contributed by atoms with Crippen LogP contribution in [0.5, 0.6) is 0 Å². The molecule has 0 fully saturated rings. The zero-order valence-corrected chi connectivity index (χ0v) is 18.1. The number of benzene rings is 3. The second-order valence-corrected chi connectivity index (χ2v) is 8.22. The van der Waals surface area contributed by atoms with Crippen LogP contribution in [-0.4, -0.2) is 23.0 Å². The lowest BCUT2D eigenvalue weighted by atomic mass is 9.96. The molecule has 0 aliphatic carbocycles. The van der Waals surface area contributed by atoms with Crippen molar-refractivity contribution in [1.82, 2.24) is 5.01 Å². The molecule has 0 radical (unpaired) electrons. The number of Topliss-reactive ketones (excluding diaryl/α,β-unsaturated/α-hetero) is 1. The number of carbonyl (C=O) groups is 1. The fraction of sp³-hybridized carbons (Fsp3) is 0.333. The van der Waals surface area contributed by atoms with Gasteiger partial charge in [-0.15, -0.1) is 0 Å². The second kappa shape index (κ2) is 9.86. The minimum absolute atomic E-state index is 0.0623. The fourth-order valence-electron chi connectivity index (χ4n) is 4.37. The highest BCUT2D eigenvalue weighted by Crippen LogP contribution is 2.33. The molecule has 1 heterocycles. The molecule has 1 aliphatic rings. The van der Waals surface area contributed by atoms with E-state index in [0.717, 1.165) is 25.8 Å². The van der Waals surface area contributed by atoms with Crippen molar-refractivity contribution >= 4 is 22.3 Å². The Morgan fingerprint density at radius 1 is 1.03 bits per heavy atom. The van der Waals surface area contributed by atoms with Gasteiger partial charge in [0.1, 0.15) is 11.5 Å². The molecule has 4 heteroatoms. The molecule has 1 atom stereocenters. The second-order valence-electron chi connectivity index (χ2n) is 8.22. The van der Waals surface area contributed by atoms with Gasteiger partial charge in [0, 0.05) is 24.9 Å². The summed E-state index contributed by atoms with van der Waals surface area (Å²) in [6.45, 7) is 2.90. The standard InChI is InChI=1S/C27H29FN2O/c1-2-3-8-18-30-26(23-14-6-7-15-24(23)28)19-25(29-30)27(31)17-16-21-12-9-11-20-10-4-5-13-22(20)21/h4-7,9-15,26H,2-3,8,16-19H2,1H3. The average Bonchev–Trinajstić information content (AvgIpc) is 3.22. The van der Waals surface area contributed by atoms with Crippen LogP contribution < -0.4 is 0 Å². The molecule has 1 unspecified atom stereocenters. The molecule has 31 heavy (non-hydrogen) atoms. The Labute approximate surface area is 183 Å². The summed E-state index contributed by atoms with van der Waals surface area (Å²) in [6, 6.07) is 21.1. The first kappa shape index (κ1) is 21.2. The Morgan fingerprint density at radius 3 is 2.65 bits per heavy atom. The Bertz CT molecular complexity index is 1090. The van der Waals surface area contributed by atoms with Gasteiger partial charge in [-0.3, -0.25) is 9.80 Å². The zero-order chi connectivity index (χ0) is 21.6. The molecule has 3 aromatic carbocycles. The molecule has 0 saturated carbocycles. The third-order valence-electron chi connectivity index (χ3n) is 6.07. The molecular weight excluding hydrogens is 387 g/mol. The van der Waals surface area contributed by atoms with Crippen LogP contribution >= 0.6 is 0 Å². The van der Waals surface area contributed by atoms with Crippen LogP contribution in [0.3, 0.4) is 0 Å². The summed E-state index contributed by atoms with van der Waals surface area (Å²) < 4.78 is 14.5. The van der Waals surface area contributed by atoms with Crippen molar-refractivity contribution in [3.8, 4) is 0 Å². The number of fused-ring (bicyclic) bond motifs is 1. The smallest absolute Gasteiger partial charge is 0.179 e. The van der Waals surface area contributed by atoms with Gasteiger partial charge >= 0.3 is 0 Å². The van der Waals surface area contributed by atoms with Crippen LogP contribution in [0.25, 0.3) is 10.8 Å². The summed E-state index contributed by atoms with van der Waals surface area (Å²) in [7, 11) is 0. The number of nitrogens with zero attached hydrogens (tertiary/aromatic N) is 2. The number of hydrazone groups is 1. The van der Waals surface area contributed by atoms with Crippen molar-refractivity contribution in [3.05, 3.63) is 83.7 Å². The van der Waals surface area contributed by atoms with E-state index in [-0.39, 0.29) is 17.6 Å². The van der Waals surface area contributed by atoms with Crippen LogP contribution in [0.15, 0.2) is 71.8 Å². The number of ketones is 1. The first-order chi connectivity index (χ1) is 15.2. The monoisotopic (exact) mass is 416 g/mol. The molecule has 160 valence electrons. The SMILES string of the molecule is CCCCCN1N=C(C(=O)CCc2cccc3ccccc23)CC1c1ccccc1F. The van der Waals surface area contributed by atoms with Crippen molar-refractivity contribution in [2.45, 2.75) is 51.5 Å². The molecular formula is C27H29FN2O. The van der Waals surface area contributed by atoms with Crippen LogP contribution in [0, 0.1) is 5.82 Å². The minimum atomic E-state index is -0.229. The normalized spacial score (nSPS) is 16.0. The number of rotatable bonds is 9. The molecule has 3 nitrogen and oxygen atoms in total. The highest BCUT2D eigenvalue weighted by Gasteiger charge is 2.32.